The average molecular weight is 264 g/mol. The molecule has 0 spiro atoms. The van der Waals surface area contributed by atoms with Crippen molar-refractivity contribution >= 4 is 34.8 Å². The van der Waals surface area contributed by atoms with Gasteiger partial charge in [-0.25, -0.2) is 0 Å². The quantitative estimate of drug-likeness (QED) is 0.717. The molecule has 2 rings (SSSR count). The van der Waals surface area contributed by atoms with Gasteiger partial charge in [0.25, 0.3) is 0 Å². The summed E-state index contributed by atoms with van der Waals surface area (Å²) in [5.74, 6) is 0. The maximum absolute atomic E-state index is 5.51. The number of halogens is 3. The van der Waals surface area contributed by atoms with Gasteiger partial charge in [0, 0.05) is 30.4 Å². The highest BCUT2D eigenvalue weighted by Gasteiger charge is 2.22. The maximum Gasteiger partial charge on any atom is 0.217 e. The zero-order valence-corrected chi connectivity index (χ0v) is 9.97. The van der Waals surface area contributed by atoms with Crippen LogP contribution < -0.4 is 0 Å². The van der Waals surface area contributed by atoms with Crippen LogP contribution in [-0.2, 0) is 3.79 Å². The zero-order chi connectivity index (χ0) is 11.1. The number of H-pyrrole nitrogens is 1. The number of aromatic nitrogens is 2. The topological polar surface area (TPSA) is 28.7 Å². The van der Waals surface area contributed by atoms with Gasteiger partial charge in [-0.15, -0.1) is 0 Å². The Morgan fingerprint density at radius 3 is 1.93 bits per heavy atom. The van der Waals surface area contributed by atoms with Crippen LogP contribution in [0.1, 0.15) is 5.56 Å². The van der Waals surface area contributed by atoms with Gasteiger partial charge >= 0.3 is 0 Å². The van der Waals surface area contributed by atoms with Crippen LogP contribution in [0.2, 0.25) is 0 Å². The lowest BCUT2D eigenvalue weighted by molar-refractivity contribution is 1.24. The summed E-state index contributed by atoms with van der Waals surface area (Å²) >= 11 is 16.5. The van der Waals surface area contributed by atoms with E-state index in [2.05, 4.69) is 9.97 Å². The van der Waals surface area contributed by atoms with Gasteiger partial charge in [0.1, 0.15) is 0 Å². The van der Waals surface area contributed by atoms with Crippen LogP contribution in [-0.4, -0.2) is 9.97 Å². The van der Waals surface area contributed by atoms with Crippen LogP contribution in [0.3, 0.4) is 0 Å². The van der Waals surface area contributed by atoms with E-state index in [1.54, 1.807) is 30.9 Å². The first kappa shape index (κ1) is 12.4. The van der Waals surface area contributed by atoms with Gasteiger partial charge in [-0.05, 0) is 18.2 Å². The molecule has 2 aromatic heterocycles. The fourth-order valence-corrected chi connectivity index (χ4v) is 1.17. The monoisotopic (exact) mass is 262 g/mol. The summed E-state index contributed by atoms with van der Waals surface area (Å²) < 4.78 is -1.29. The molecule has 0 atom stereocenters. The number of pyridine rings is 1. The number of nitrogens with zero attached hydrogens (tertiary/aromatic N) is 1. The van der Waals surface area contributed by atoms with Crippen molar-refractivity contribution in [2.24, 2.45) is 0 Å². The molecule has 1 N–H and O–H groups in total. The lowest BCUT2D eigenvalue weighted by atomic mass is 10.4. The average Bonchev–Trinajstić information content (AvgIpc) is 2.73. The van der Waals surface area contributed by atoms with E-state index < -0.39 is 3.79 Å². The molecule has 0 aromatic carbocycles. The van der Waals surface area contributed by atoms with Crippen molar-refractivity contribution in [1.82, 2.24) is 9.97 Å². The van der Waals surface area contributed by atoms with Gasteiger partial charge in [0.15, 0.2) is 0 Å². The first-order chi connectivity index (χ1) is 7.11. The summed E-state index contributed by atoms with van der Waals surface area (Å²) in [5, 5.41) is 0. The molecule has 0 saturated heterocycles. The number of alkyl halides is 3. The molecule has 15 heavy (non-hydrogen) atoms. The molecule has 2 nitrogen and oxygen atoms in total. The Bertz CT molecular complexity index is 327. The van der Waals surface area contributed by atoms with Crippen LogP contribution >= 0.6 is 34.8 Å². The molecule has 5 heteroatoms. The van der Waals surface area contributed by atoms with E-state index in [0.29, 0.717) is 5.56 Å². The van der Waals surface area contributed by atoms with Gasteiger partial charge in [-0.3, -0.25) is 4.98 Å². The summed E-state index contributed by atoms with van der Waals surface area (Å²) in [5.41, 5.74) is 0.660. The molecular formula is C10H9Cl3N2. The van der Waals surface area contributed by atoms with Crippen LogP contribution in [0.5, 0.6) is 0 Å². The van der Waals surface area contributed by atoms with Gasteiger partial charge in [0.2, 0.25) is 3.79 Å². The summed E-state index contributed by atoms with van der Waals surface area (Å²) in [7, 11) is 0. The van der Waals surface area contributed by atoms with Crippen molar-refractivity contribution in [3.8, 4) is 0 Å². The van der Waals surface area contributed by atoms with Crippen LogP contribution in [0.15, 0.2) is 49.1 Å². The number of nitrogens with one attached hydrogen (secondary N) is 1. The lowest BCUT2D eigenvalue weighted by Gasteiger charge is -2.05. The molecule has 2 aromatic rings. The van der Waals surface area contributed by atoms with Crippen LogP contribution in [0.25, 0.3) is 0 Å². The standard InChI is InChI=1S/C5H4Cl3N.C5H5N/c6-5(7,8)4-1-2-9-3-4;1-2-4-6-5-3-1/h1-3,9H;1-5H. The van der Waals surface area contributed by atoms with Gasteiger partial charge in [0.05, 0.1) is 0 Å². The van der Waals surface area contributed by atoms with Crippen molar-refractivity contribution in [2.45, 2.75) is 3.79 Å². The molecular weight excluding hydrogens is 254 g/mol. The van der Waals surface area contributed by atoms with E-state index in [1.165, 1.54) is 0 Å². The zero-order valence-electron chi connectivity index (χ0n) is 7.70. The van der Waals surface area contributed by atoms with E-state index in [4.69, 9.17) is 34.8 Å². The molecule has 0 aliphatic rings. The van der Waals surface area contributed by atoms with Crippen molar-refractivity contribution in [1.29, 1.82) is 0 Å². The second-order valence-electron chi connectivity index (χ2n) is 2.62. The van der Waals surface area contributed by atoms with Crippen molar-refractivity contribution in [3.63, 3.8) is 0 Å². The number of hydrogen-bond donors (Lipinski definition) is 1. The molecule has 0 aliphatic heterocycles. The molecule has 0 bridgehead atoms. The van der Waals surface area contributed by atoms with Crippen LogP contribution in [0.4, 0.5) is 0 Å². The Kier molecular flexibility index (Phi) is 4.95. The van der Waals surface area contributed by atoms with Gasteiger partial charge < -0.3 is 4.98 Å². The molecule has 0 aliphatic carbocycles. The largest absolute Gasteiger partial charge is 0.367 e. The Labute approximate surface area is 103 Å². The molecule has 0 amide bonds. The Morgan fingerprint density at radius 1 is 1.07 bits per heavy atom. The Morgan fingerprint density at radius 2 is 1.73 bits per heavy atom. The number of aromatic amines is 1. The predicted molar refractivity (Wildman–Crippen MR) is 64.3 cm³/mol. The second kappa shape index (κ2) is 6.01. The van der Waals surface area contributed by atoms with E-state index in [-0.39, 0.29) is 0 Å². The van der Waals surface area contributed by atoms with Gasteiger partial charge in [-0.2, -0.15) is 0 Å². The fourth-order valence-electron chi connectivity index (χ4n) is 0.813. The van der Waals surface area contributed by atoms with Gasteiger partial charge in [-0.1, -0.05) is 40.9 Å². The third-order valence-electron chi connectivity index (χ3n) is 1.49. The summed E-state index contributed by atoms with van der Waals surface area (Å²) in [4.78, 5) is 6.57. The van der Waals surface area contributed by atoms with Crippen molar-refractivity contribution in [3.05, 3.63) is 54.6 Å². The summed E-state index contributed by atoms with van der Waals surface area (Å²) in [6.07, 6.45) is 6.85. The lowest BCUT2D eigenvalue weighted by Crippen LogP contribution is -1.96. The van der Waals surface area contributed by atoms with Crippen molar-refractivity contribution < 1.29 is 0 Å². The summed E-state index contributed by atoms with van der Waals surface area (Å²) in [6, 6.07) is 7.43. The highest BCUT2D eigenvalue weighted by Crippen LogP contribution is 2.37. The van der Waals surface area contributed by atoms with Crippen LogP contribution in [0, 0.1) is 0 Å². The van der Waals surface area contributed by atoms with E-state index >= 15 is 0 Å². The summed E-state index contributed by atoms with van der Waals surface area (Å²) in [6.45, 7) is 0. The highest BCUT2D eigenvalue weighted by molar-refractivity contribution is 6.66. The van der Waals surface area contributed by atoms with Crippen molar-refractivity contribution in [2.75, 3.05) is 0 Å². The molecule has 0 saturated carbocycles. The molecule has 0 radical (unpaired) electrons. The third-order valence-corrected chi connectivity index (χ3v) is 2.15. The second-order valence-corrected chi connectivity index (χ2v) is 4.90. The Balaban J connectivity index is 0.000000162. The number of rotatable bonds is 0. The SMILES string of the molecule is ClC(Cl)(Cl)c1cc[nH]c1.c1ccncc1. The van der Waals surface area contributed by atoms with E-state index in [1.807, 2.05) is 18.2 Å². The normalized spacial score (nSPS) is 10.3. The Hall–Kier alpha value is -0.700. The first-order valence-electron chi connectivity index (χ1n) is 4.15. The first-order valence-corrected chi connectivity index (χ1v) is 5.29. The molecule has 0 fully saturated rings. The minimum Gasteiger partial charge on any atom is -0.367 e. The molecule has 2 heterocycles. The van der Waals surface area contributed by atoms with E-state index in [0.717, 1.165) is 0 Å². The minimum atomic E-state index is -1.29. The molecule has 0 unspecified atom stereocenters. The number of hydrogen-bond acceptors (Lipinski definition) is 1. The fraction of sp³-hybridized carbons (Fsp3) is 0.100. The highest BCUT2D eigenvalue weighted by atomic mass is 35.6. The van der Waals surface area contributed by atoms with E-state index in [9.17, 15) is 0 Å². The maximum atomic E-state index is 5.51. The predicted octanol–water partition coefficient (Wildman–Crippen LogP) is 3.92. The molecule has 80 valence electrons. The smallest absolute Gasteiger partial charge is 0.217 e. The minimum absolute atomic E-state index is 0.660. The third kappa shape index (κ3) is 5.07.